The van der Waals surface area contributed by atoms with Crippen LogP contribution in [0.2, 0.25) is 0 Å². The summed E-state index contributed by atoms with van der Waals surface area (Å²) in [4.78, 5) is 21.5. The van der Waals surface area contributed by atoms with Gasteiger partial charge in [-0.15, -0.1) is 0 Å². The summed E-state index contributed by atoms with van der Waals surface area (Å²) in [5.41, 5.74) is 1.73. The molecule has 22 heavy (non-hydrogen) atoms. The van der Waals surface area contributed by atoms with Crippen molar-refractivity contribution in [1.29, 1.82) is 0 Å². The Morgan fingerprint density at radius 2 is 2.18 bits per heavy atom. The molecule has 0 saturated carbocycles. The molecule has 1 amide bonds. The minimum Gasteiger partial charge on any atom is -0.342 e. The molecule has 8 heteroatoms. The Bertz CT molecular complexity index is 766. The molecule has 3 N–H and O–H groups in total. The molecule has 3 rings (SSSR count). The Morgan fingerprint density at radius 1 is 1.41 bits per heavy atom. The van der Waals surface area contributed by atoms with Crippen molar-refractivity contribution in [2.24, 2.45) is 11.1 Å². The summed E-state index contributed by atoms with van der Waals surface area (Å²) in [7, 11) is -3.49. The van der Waals surface area contributed by atoms with E-state index in [4.69, 9.17) is 5.14 Å². The number of benzene rings is 1. The smallest absolute Gasteiger partial charge is 0.230 e. The zero-order chi connectivity index (χ0) is 15.7. The van der Waals surface area contributed by atoms with Crippen molar-refractivity contribution >= 4 is 27.0 Å². The topological polar surface area (TPSA) is 109 Å². The van der Waals surface area contributed by atoms with Crippen molar-refractivity contribution in [3.63, 3.8) is 0 Å². The molecule has 118 valence electrons. The van der Waals surface area contributed by atoms with E-state index >= 15 is 0 Å². The second-order valence-corrected chi connectivity index (χ2v) is 7.36. The number of carbonyl (C=O) groups excluding carboxylic acids is 1. The number of nitrogens with zero attached hydrogens (tertiary/aromatic N) is 2. The number of fused-ring (bicyclic) bond motifs is 1. The number of H-pyrrole nitrogens is 1. The van der Waals surface area contributed by atoms with Crippen LogP contribution in [0.25, 0.3) is 11.0 Å². The van der Waals surface area contributed by atoms with Crippen molar-refractivity contribution in [3.05, 3.63) is 30.1 Å². The first kappa shape index (κ1) is 15.0. The molecule has 1 saturated heterocycles. The largest absolute Gasteiger partial charge is 0.342 e. The normalized spacial score (nSPS) is 19.0. The van der Waals surface area contributed by atoms with Crippen molar-refractivity contribution in [2.45, 2.75) is 12.8 Å². The minimum absolute atomic E-state index is 0.0454. The van der Waals surface area contributed by atoms with Gasteiger partial charge in [-0.1, -0.05) is 12.1 Å². The summed E-state index contributed by atoms with van der Waals surface area (Å²) in [6.07, 6.45) is 0.860. The number of nitrogens with two attached hydrogens (primary N) is 1. The van der Waals surface area contributed by atoms with Crippen LogP contribution in [0, 0.1) is 5.92 Å². The number of sulfonamides is 1. The molecule has 0 bridgehead atoms. The zero-order valence-electron chi connectivity index (χ0n) is 12.0. The third kappa shape index (κ3) is 3.45. The lowest BCUT2D eigenvalue weighted by Crippen LogP contribution is -2.32. The van der Waals surface area contributed by atoms with E-state index < -0.39 is 10.0 Å². The molecule has 1 aliphatic heterocycles. The lowest BCUT2D eigenvalue weighted by molar-refractivity contribution is -0.129. The van der Waals surface area contributed by atoms with Gasteiger partial charge in [-0.05, 0) is 24.5 Å². The zero-order valence-corrected chi connectivity index (χ0v) is 12.8. The van der Waals surface area contributed by atoms with Gasteiger partial charge in [-0.25, -0.2) is 18.5 Å². The molecule has 1 aromatic carbocycles. The van der Waals surface area contributed by atoms with Gasteiger partial charge in [0.1, 0.15) is 5.82 Å². The van der Waals surface area contributed by atoms with E-state index in [2.05, 4.69) is 9.97 Å². The third-order valence-electron chi connectivity index (χ3n) is 3.86. The van der Waals surface area contributed by atoms with Gasteiger partial charge in [0, 0.05) is 13.1 Å². The molecule has 0 aliphatic carbocycles. The van der Waals surface area contributed by atoms with E-state index in [1.54, 1.807) is 4.90 Å². The van der Waals surface area contributed by atoms with Crippen LogP contribution in [0.1, 0.15) is 12.2 Å². The minimum atomic E-state index is -3.49. The van der Waals surface area contributed by atoms with Crippen molar-refractivity contribution in [2.75, 3.05) is 18.8 Å². The first-order valence-corrected chi connectivity index (χ1v) is 8.84. The fraction of sp³-hybridized carbons (Fsp3) is 0.429. The number of nitrogens with one attached hydrogen (secondary N) is 1. The highest BCUT2D eigenvalue weighted by Crippen LogP contribution is 2.19. The number of amides is 1. The predicted molar refractivity (Wildman–Crippen MR) is 82.5 cm³/mol. The number of likely N-dealkylation sites (tertiary alicyclic amines) is 1. The summed E-state index contributed by atoms with van der Waals surface area (Å²) in [6.45, 7) is 1.01. The van der Waals surface area contributed by atoms with Gasteiger partial charge in [-0.2, -0.15) is 0 Å². The van der Waals surface area contributed by atoms with E-state index in [0.29, 0.717) is 25.3 Å². The van der Waals surface area contributed by atoms with Gasteiger partial charge < -0.3 is 9.88 Å². The highest BCUT2D eigenvalue weighted by molar-refractivity contribution is 7.89. The molecule has 0 spiro atoms. The molecule has 2 aromatic rings. The van der Waals surface area contributed by atoms with Gasteiger partial charge >= 0.3 is 0 Å². The summed E-state index contributed by atoms with van der Waals surface area (Å²) >= 11 is 0. The number of hydrogen-bond donors (Lipinski definition) is 2. The second kappa shape index (κ2) is 5.69. The summed E-state index contributed by atoms with van der Waals surface area (Å²) in [6, 6.07) is 7.60. The van der Waals surface area contributed by atoms with Crippen molar-refractivity contribution < 1.29 is 13.2 Å². The molecule has 1 fully saturated rings. The quantitative estimate of drug-likeness (QED) is 0.840. The van der Waals surface area contributed by atoms with Crippen LogP contribution in [-0.4, -0.2) is 48.0 Å². The Labute approximate surface area is 128 Å². The van der Waals surface area contributed by atoms with Crippen LogP contribution < -0.4 is 5.14 Å². The number of aromatic nitrogens is 2. The Kier molecular flexibility index (Phi) is 3.88. The van der Waals surface area contributed by atoms with Gasteiger partial charge in [-0.3, -0.25) is 4.79 Å². The predicted octanol–water partition coefficient (Wildman–Crippen LogP) is 0.242. The van der Waals surface area contributed by atoms with Crippen LogP contribution in [-0.2, 0) is 21.2 Å². The number of carbonyl (C=O) groups is 1. The molecule has 1 atom stereocenters. The Balaban J connectivity index is 1.63. The molecule has 1 aliphatic rings. The van der Waals surface area contributed by atoms with E-state index in [9.17, 15) is 13.2 Å². The maximum absolute atomic E-state index is 12.3. The number of hydrogen-bond acceptors (Lipinski definition) is 4. The van der Waals surface area contributed by atoms with Crippen molar-refractivity contribution in [3.8, 4) is 0 Å². The number of aromatic amines is 1. The summed E-state index contributed by atoms with van der Waals surface area (Å²) < 4.78 is 22.2. The van der Waals surface area contributed by atoms with E-state index in [1.807, 2.05) is 24.3 Å². The average Bonchev–Trinajstić information content (AvgIpc) is 3.02. The maximum atomic E-state index is 12.3. The number of primary sulfonamides is 1. The molecule has 0 radical (unpaired) electrons. The third-order valence-corrected chi connectivity index (χ3v) is 4.80. The molecule has 2 heterocycles. The molecule has 0 unspecified atom stereocenters. The fourth-order valence-corrected chi connectivity index (χ4v) is 3.80. The van der Waals surface area contributed by atoms with Crippen LogP contribution >= 0.6 is 0 Å². The molecule has 7 nitrogen and oxygen atoms in total. The van der Waals surface area contributed by atoms with Crippen LogP contribution in [0.5, 0.6) is 0 Å². The second-order valence-electron chi connectivity index (χ2n) is 5.70. The van der Waals surface area contributed by atoms with E-state index in [-0.39, 0.29) is 24.0 Å². The molecule has 1 aromatic heterocycles. The fourth-order valence-electron chi connectivity index (χ4n) is 2.87. The molecular weight excluding hydrogens is 304 g/mol. The SMILES string of the molecule is NS(=O)(=O)C[C@@H]1CCN(C(=O)Cc2nc3ccccc3[nH]2)C1. The van der Waals surface area contributed by atoms with Gasteiger partial charge in [0.05, 0.1) is 23.2 Å². The monoisotopic (exact) mass is 322 g/mol. The maximum Gasteiger partial charge on any atom is 0.230 e. The average molecular weight is 322 g/mol. The van der Waals surface area contributed by atoms with Crippen molar-refractivity contribution in [1.82, 2.24) is 14.9 Å². The first-order valence-electron chi connectivity index (χ1n) is 7.12. The van der Waals surface area contributed by atoms with E-state index in [0.717, 1.165) is 11.0 Å². The standard InChI is InChI=1S/C14H18N4O3S/c15-22(20,21)9-10-5-6-18(8-10)14(19)7-13-16-11-3-1-2-4-12(11)17-13/h1-4,10H,5-9H2,(H,16,17)(H2,15,20,21)/t10-/m1/s1. The Hall–Kier alpha value is -1.93. The van der Waals surface area contributed by atoms with Gasteiger partial charge in [0.2, 0.25) is 15.9 Å². The van der Waals surface area contributed by atoms with E-state index in [1.165, 1.54) is 0 Å². The van der Waals surface area contributed by atoms with Gasteiger partial charge in [0.25, 0.3) is 0 Å². The number of imidazole rings is 1. The molecular formula is C14H18N4O3S. The lowest BCUT2D eigenvalue weighted by atomic mass is 10.2. The van der Waals surface area contributed by atoms with Crippen LogP contribution in [0.4, 0.5) is 0 Å². The Morgan fingerprint density at radius 3 is 2.91 bits per heavy atom. The summed E-state index contributed by atoms with van der Waals surface area (Å²) in [5, 5.41) is 5.06. The first-order chi connectivity index (χ1) is 10.4. The highest BCUT2D eigenvalue weighted by atomic mass is 32.2. The van der Waals surface area contributed by atoms with Crippen LogP contribution in [0.3, 0.4) is 0 Å². The number of rotatable bonds is 4. The van der Waals surface area contributed by atoms with Gasteiger partial charge in [0.15, 0.2) is 0 Å². The number of para-hydroxylation sites is 2. The highest BCUT2D eigenvalue weighted by Gasteiger charge is 2.29. The van der Waals surface area contributed by atoms with Crippen LogP contribution in [0.15, 0.2) is 24.3 Å². The summed E-state index contributed by atoms with van der Waals surface area (Å²) in [5.74, 6) is 0.438. The lowest BCUT2D eigenvalue weighted by Gasteiger charge is -2.15.